The maximum atomic E-state index is 9.18. The Hall–Kier alpha value is -2.04. The van der Waals surface area contributed by atoms with Gasteiger partial charge in [-0.25, -0.2) is 0 Å². The van der Waals surface area contributed by atoms with E-state index in [2.05, 4.69) is 0 Å². The highest BCUT2D eigenvalue weighted by atomic mass is 16.5. The van der Waals surface area contributed by atoms with E-state index in [9.17, 15) is 10.2 Å². The van der Waals surface area contributed by atoms with Gasteiger partial charge in [-0.3, -0.25) is 0 Å². The number of methoxy groups -OCH3 is 2. The molecule has 0 fully saturated rings. The number of rotatable bonds is 5. The summed E-state index contributed by atoms with van der Waals surface area (Å²) in [5.41, 5.74) is 3.34. The molecule has 2 rings (SSSR count). The molecule has 2 aromatic carbocycles. The van der Waals surface area contributed by atoms with E-state index in [0.29, 0.717) is 11.5 Å². The fourth-order valence-electron chi connectivity index (χ4n) is 2.11. The molecule has 2 N–H and O–H groups in total. The Morgan fingerprint density at radius 1 is 0.750 bits per heavy atom. The van der Waals surface area contributed by atoms with E-state index in [0.717, 1.165) is 22.3 Å². The number of benzene rings is 2. The molecular formula is C16H18O4. The number of aliphatic hydroxyl groups excluding tert-OH is 2. The summed E-state index contributed by atoms with van der Waals surface area (Å²) in [6.07, 6.45) is 0. The zero-order valence-electron chi connectivity index (χ0n) is 11.6. The Morgan fingerprint density at radius 3 is 1.45 bits per heavy atom. The molecule has 0 unspecified atom stereocenters. The number of hydrogen-bond acceptors (Lipinski definition) is 4. The lowest BCUT2D eigenvalue weighted by Gasteiger charge is -2.14. The lowest BCUT2D eigenvalue weighted by Crippen LogP contribution is -1.95. The minimum absolute atomic E-state index is 0.0305. The molecule has 0 aliphatic carbocycles. The third-order valence-corrected chi connectivity index (χ3v) is 3.19. The van der Waals surface area contributed by atoms with Crippen molar-refractivity contribution in [3.63, 3.8) is 0 Å². The van der Waals surface area contributed by atoms with Crippen LogP contribution in [0.3, 0.4) is 0 Å². The van der Waals surface area contributed by atoms with Crippen LogP contribution in [0.25, 0.3) is 11.1 Å². The van der Waals surface area contributed by atoms with Crippen LogP contribution in [0.2, 0.25) is 0 Å². The highest BCUT2D eigenvalue weighted by Crippen LogP contribution is 2.37. The van der Waals surface area contributed by atoms with Crippen molar-refractivity contribution in [3.8, 4) is 22.6 Å². The summed E-state index contributed by atoms with van der Waals surface area (Å²) < 4.78 is 10.8. The largest absolute Gasteiger partial charge is 0.496 e. The van der Waals surface area contributed by atoms with Gasteiger partial charge < -0.3 is 19.7 Å². The van der Waals surface area contributed by atoms with Crippen LogP contribution >= 0.6 is 0 Å². The fourth-order valence-corrected chi connectivity index (χ4v) is 2.11. The van der Waals surface area contributed by atoms with Crippen molar-refractivity contribution in [2.24, 2.45) is 0 Å². The lowest BCUT2D eigenvalue weighted by atomic mass is 10.00. The summed E-state index contributed by atoms with van der Waals surface area (Å²) in [5, 5.41) is 18.4. The monoisotopic (exact) mass is 274 g/mol. The van der Waals surface area contributed by atoms with Crippen molar-refractivity contribution in [1.29, 1.82) is 0 Å². The van der Waals surface area contributed by atoms with Crippen molar-refractivity contribution in [2.75, 3.05) is 14.2 Å². The molecule has 0 aliphatic heterocycles. The van der Waals surface area contributed by atoms with E-state index >= 15 is 0 Å². The van der Waals surface area contributed by atoms with Crippen molar-refractivity contribution in [1.82, 2.24) is 0 Å². The first-order valence-electron chi connectivity index (χ1n) is 6.29. The maximum absolute atomic E-state index is 9.18. The second kappa shape index (κ2) is 6.41. The Kier molecular flexibility index (Phi) is 4.61. The van der Waals surface area contributed by atoms with Crippen molar-refractivity contribution >= 4 is 0 Å². The molecule has 106 valence electrons. The summed E-state index contributed by atoms with van der Waals surface area (Å²) in [4.78, 5) is 0. The number of hydrogen-bond donors (Lipinski definition) is 2. The van der Waals surface area contributed by atoms with Gasteiger partial charge in [-0.05, 0) is 23.3 Å². The average Bonchev–Trinajstić information content (AvgIpc) is 2.53. The van der Waals surface area contributed by atoms with Crippen LogP contribution < -0.4 is 9.47 Å². The summed E-state index contributed by atoms with van der Waals surface area (Å²) >= 11 is 0. The Bertz CT molecular complexity index is 540. The van der Waals surface area contributed by atoms with Gasteiger partial charge in [0.1, 0.15) is 11.5 Å². The minimum atomic E-state index is -0.0305. The molecular weight excluding hydrogens is 256 g/mol. The quantitative estimate of drug-likeness (QED) is 0.878. The predicted octanol–water partition coefficient (Wildman–Crippen LogP) is 2.36. The third-order valence-electron chi connectivity index (χ3n) is 3.19. The van der Waals surface area contributed by atoms with E-state index in [1.54, 1.807) is 26.4 Å². The summed E-state index contributed by atoms with van der Waals surface area (Å²) in [6.45, 7) is -0.0611. The van der Waals surface area contributed by atoms with E-state index in [1.807, 2.05) is 24.3 Å². The van der Waals surface area contributed by atoms with Crippen LogP contribution in [0.1, 0.15) is 11.1 Å². The fraction of sp³-hybridized carbons (Fsp3) is 0.250. The molecule has 4 nitrogen and oxygen atoms in total. The summed E-state index contributed by atoms with van der Waals surface area (Å²) in [5.74, 6) is 1.35. The average molecular weight is 274 g/mol. The van der Waals surface area contributed by atoms with Gasteiger partial charge in [0.05, 0.1) is 27.4 Å². The van der Waals surface area contributed by atoms with Gasteiger partial charge in [0.15, 0.2) is 0 Å². The second-order valence-corrected chi connectivity index (χ2v) is 4.39. The van der Waals surface area contributed by atoms with Crippen LogP contribution in [-0.4, -0.2) is 24.4 Å². The highest BCUT2D eigenvalue weighted by Gasteiger charge is 2.12. The topological polar surface area (TPSA) is 58.9 Å². The van der Waals surface area contributed by atoms with Gasteiger partial charge in [0.2, 0.25) is 0 Å². The van der Waals surface area contributed by atoms with Gasteiger partial charge >= 0.3 is 0 Å². The summed E-state index contributed by atoms with van der Waals surface area (Å²) in [6, 6.07) is 11.1. The smallest absolute Gasteiger partial charge is 0.127 e. The zero-order chi connectivity index (χ0) is 14.5. The third kappa shape index (κ3) is 2.76. The van der Waals surface area contributed by atoms with E-state index in [4.69, 9.17) is 9.47 Å². The Labute approximate surface area is 118 Å². The summed E-state index contributed by atoms with van der Waals surface area (Å²) in [7, 11) is 3.18. The Balaban J connectivity index is 2.55. The first-order chi connectivity index (χ1) is 9.73. The van der Waals surface area contributed by atoms with Gasteiger partial charge in [-0.2, -0.15) is 0 Å². The molecule has 4 heteroatoms. The first-order valence-corrected chi connectivity index (χ1v) is 6.29. The normalized spacial score (nSPS) is 10.4. The zero-order valence-corrected chi connectivity index (χ0v) is 11.6. The molecule has 0 aromatic heterocycles. The van der Waals surface area contributed by atoms with E-state index < -0.39 is 0 Å². The molecule has 0 heterocycles. The molecule has 0 spiro atoms. The van der Waals surface area contributed by atoms with Crippen LogP contribution in [0.4, 0.5) is 0 Å². The molecule has 0 amide bonds. The minimum Gasteiger partial charge on any atom is -0.496 e. The van der Waals surface area contributed by atoms with Crippen LogP contribution in [-0.2, 0) is 13.2 Å². The standard InChI is InChI=1S/C16H18O4/c1-19-15-7-11(9-17)3-5-13(15)14-6-4-12(10-18)8-16(14)20-2/h3-8,17-18H,9-10H2,1-2H3. The Morgan fingerprint density at radius 2 is 1.15 bits per heavy atom. The lowest BCUT2D eigenvalue weighted by molar-refractivity contribution is 0.280. The van der Waals surface area contributed by atoms with Crippen molar-refractivity contribution in [3.05, 3.63) is 47.5 Å². The molecule has 20 heavy (non-hydrogen) atoms. The van der Waals surface area contributed by atoms with Gasteiger partial charge in [0.25, 0.3) is 0 Å². The van der Waals surface area contributed by atoms with E-state index in [-0.39, 0.29) is 13.2 Å². The van der Waals surface area contributed by atoms with Crippen LogP contribution in [0.5, 0.6) is 11.5 Å². The van der Waals surface area contributed by atoms with Crippen LogP contribution in [0, 0.1) is 0 Å². The molecule has 0 saturated heterocycles. The molecule has 0 saturated carbocycles. The second-order valence-electron chi connectivity index (χ2n) is 4.39. The van der Waals surface area contributed by atoms with Crippen molar-refractivity contribution in [2.45, 2.75) is 13.2 Å². The highest BCUT2D eigenvalue weighted by molar-refractivity contribution is 5.76. The maximum Gasteiger partial charge on any atom is 0.127 e. The molecule has 2 aromatic rings. The molecule has 0 aliphatic rings. The van der Waals surface area contributed by atoms with Crippen LogP contribution in [0.15, 0.2) is 36.4 Å². The molecule has 0 atom stereocenters. The van der Waals surface area contributed by atoms with Crippen molar-refractivity contribution < 1.29 is 19.7 Å². The van der Waals surface area contributed by atoms with Gasteiger partial charge in [-0.15, -0.1) is 0 Å². The number of aliphatic hydroxyl groups is 2. The van der Waals surface area contributed by atoms with Gasteiger partial charge in [0, 0.05) is 11.1 Å². The molecule has 0 bridgehead atoms. The molecule has 0 radical (unpaired) electrons. The first kappa shape index (κ1) is 14.4. The number of ether oxygens (including phenoxy) is 2. The van der Waals surface area contributed by atoms with Gasteiger partial charge in [-0.1, -0.05) is 24.3 Å². The van der Waals surface area contributed by atoms with E-state index in [1.165, 1.54) is 0 Å². The predicted molar refractivity (Wildman–Crippen MR) is 76.8 cm³/mol. The SMILES string of the molecule is COc1cc(CO)ccc1-c1ccc(CO)cc1OC.